The molecule has 0 N–H and O–H groups in total. The van der Waals surface area contributed by atoms with E-state index in [1.165, 1.54) is 0 Å². The Balaban J connectivity index is 1.65. The van der Waals surface area contributed by atoms with E-state index in [0.717, 1.165) is 11.3 Å². The number of ketones is 1. The lowest BCUT2D eigenvalue weighted by atomic mass is 9.98. The van der Waals surface area contributed by atoms with Crippen LogP contribution in [-0.2, 0) is 4.74 Å². The average Bonchev–Trinajstić information content (AvgIpc) is 2.72. The second-order valence-electron chi connectivity index (χ2n) is 6.13. The third kappa shape index (κ3) is 4.78. The first-order chi connectivity index (χ1) is 13.6. The summed E-state index contributed by atoms with van der Waals surface area (Å²) in [6, 6.07) is 20.7. The SMILES string of the molecule is Cc1ccccc1OCCOC(=O)c1ccccc1C(=O)c1ccc(Cl)cc1. The maximum Gasteiger partial charge on any atom is 0.339 e. The molecular formula is C23H19ClO4. The minimum absolute atomic E-state index is 0.0800. The van der Waals surface area contributed by atoms with Crippen molar-refractivity contribution < 1.29 is 19.1 Å². The summed E-state index contributed by atoms with van der Waals surface area (Å²) in [5.74, 6) is -0.0801. The van der Waals surface area contributed by atoms with Crippen molar-refractivity contribution in [2.24, 2.45) is 0 Å². The van der Waals surface area contributed by atoms with Crippen molar-refractivity contribution in [3.05, 3.63) is 100 Å². The van der Waals surface area contributed by atoms with Gasteiger partial charge < -0.3 is 9.47 Å². The molecule has 0 bridgehead atoms. The highest BCUT2D eigenvalue weighted by Crippen LogP contribution is 2.18. The molecule has 0 saturated carbocycles. The van der Waals surface area contributed by atoms with E-state index in [2.05, 4.69) is 0 Å². The molecule has 0 saturated heterocycles. The van der Waals surface area contributed by atoms with Gasteiger partial charge in [0, 0.05) is 16.1 Å². The Labute approximate surface area is 168 Å². The number of hydrogen-bond acceptors (Lipinski definition) is 4. The summed E-state index contributed by atoms with van der Waals surface area (Å²) in [6.45, 7) is 2.25. The summed E-state index contributed by atoms with van der Waals surface area (Å²) in [4.78, 5) is 25.2. The molecule has 0 unspecified atom stereocenters. The van der Waals surface area contributed by atoms with Gasteiger partial charge in [0.2, 0.25) is 0 Å². The van der Waals surface area contributed by atoms with Crippen LogP contribution >= 0.6 is 11.6 Å². The molecular weight excluding hydrogens is 376 g/mol. The van der Waals surface area contributed by atoms with E-state index in [9.17, 15) is 9.59 Å². The highest BCUT2D eigenvalue weighted by atomic mass is 35.5. The molecule has 0 aromatic heterocycles. The number of esters is 1. The van der Waals surface area contributed by atoms with Gasteiger partial charge in [0.05, 0.1) is 5.56 Å². The molecule has 0 aliphatic carbocycles. The van der Waals surface area contributed by atoms with Gasteiger partial charge in [-0.05, 0) is 48.9 Å². The van der Waals surface area contributed by atoms with Crippen molar-refractivity contribution in [3.8, 4) is 5.75 Å². The highest BCUT2D eigenvalue weighted by Gasteiger charge is 2.19. The number of carbonyl (C=O) groups excluding carboxylic acids is 2. The third-order valence-electron chi connectivity index (χ3n) is 4.17. The molecule has 0 heterocycles. The van der Waals surface area contributed by atoms with E-state index in [1.54, 1.807) is 48.5 Å². The average molecular weight is 395 g/mol. The zero-order valence-corrected chi connectivity index (χ0v) is 16.1. The first-order valence-electron chi connectivity index (χ1n) is 8.81. The van der Waals surface area contributed by atoms with Crippen LogP contribution in [0.3, 0.4) is 0 Å². The Kier molecular flexibility index (Phi) is 6.45. The molecule has 0 radical (unpaired) electrons. The molecule has 3 aromatic carbocycles. The van der Waals surface area contributed by atoms with Crippen LogP contribution in [0.25, 0.3) is 0 Å². The lowest BCUT2D eigenvalue weighted by molar-refractivity contribution is 0.0448. The Morgan fingerprint density at radius 3 is 2.18 bits per heavy atom. The van der Waals surface area contributed by atoms with Crippen molar-refractivity contribution in [1.29, 1.82) is 0 Å². The van der Waals surface area contributed by atoms with Crippen LogP contribution in [0, 0.1) is 6.92 Å². The van der Waals surface area contributed by atoms with E-state index in [1.807, 2.05) is 31.2 Å². The fraction of sp³-hybridized carbons (Fsp3) is 0.130. The Hall–Kier alpha value is -3.11. The minimum atomic E-state index is -0.564. The van der Waals surface area contributed by atoms with Crippen LogP contribution in [0.5, 0.6) is 5.75 Å². The summed E-state index contributed by atoms with van der Waals surface area (Å²) in [6.07, 6.45) is 0. The van der Waals surface area contributed by atoms with E-state index in [4.69, 9.17) is 21.1 Å². The molecule has 0 aliphatic heterocycles. The van der Waals surface area contributed by atoms with Crippen molar-refractivity contribution in [2.45, 2.75) is 6.92 Å². The first kappa shape index (κ1) is 19.6. The molecule has 142 valence electrons. The standard InChI is InChI=1S/C23H19ClO4/c1-16-6-2-5-9-21(16)27-14-15-28-23(26)20-8-4-3-7-19(20)22(25)17-10-12-18(24)13-11-17/h2-13H,14-15H2,1H3. The van der Waals surface area contributed by atoms with Gasteiger partial charge in [0.15, 0.2) is 5.78 Å². The fourth-order valence-electron chi connectivity index (χ4n) is 2.70. The lowest BCUT2D eigenvalue weighted by Crippen LogP contribution is -2.16. The summed E-state index contributed by atoms with van der Waals surface area (Å²) in [5, 5.41) is 0.540. The summed E-state index contributed by atoms with van der Waals surface area (Å²) < 4.78 is 10.9. The van der Waals surface area contributed by atoms with Crippen LogP contribution in [0.4, 0.5) is 0 Å². The number of para-hydroxylation sites is 1. The highest BCUT2D eigenvalue weighted by molar-refractivity contribution is 6.30. The monoisotopic (exact) mass is 394 g/mol. The fourth-order valence-corrected chi connectivity index (χ4v) is 2.82. The van der Waals surface area contributed by atoms with E-state index in [0.29, 0.717) is 10.6 Å². The Morgan fingerprint density at radius 2 is 1.46 bits per heavy atom. The predicted molar refractivity (Wildman–Crippen MR) is 108 cm³/mol. The van der Waals surface area contributed by atoms with Crippen molar-refractivity contribution in [3.63, 3.8) is 0 Å². The van der Waals surface area contributed by atoms with Crippen molar-refractivity contribution >= 4 is 23.4 Å². The van der Waals surface area contributed by atoms with Gasteiger partial charge in [-0.15, -0.1) is 0 Å². The molecule has 0 aliphatic rings. The van der Waals surface area contributed by atoms with Gasteiger partial charge in [-0.3, -0.25) is 4.79 Å². The predicted octanol–water partition coefficient (Wildman–Crippen LogP) is 5.12. The zero-order chi connectivity index (χ0) is 19.9. The quantitative estimate of drug-likeness (QED) is 0.317. The largest absolute Gasteiger partial charge is 0.490 e. The van der Waals surface area contributed by atoms with Crippen LogP contribution in [-0.4, -0.2) is 25.0 Å². The molecule has 3 rings (SSSR count). The molecule has 5 heteroatoms. The van der Waals surface area contributed by atoms with Gasteiger partial charge in [-0.25, -0.2) is 4.79 Å². The van der Waals surface area contributed by atoms with Crippen LogP contribution < -0.4 is 4.74 Å². The summed E-state index contributed by atoms with van der Waals surface area (Å²) in [7, 11) is 0. The number of ether oxygens (including phenoxy) is 2. The number of halogens is 1. The number of rotatable bonds is 7. The maximum atomic E-state index is 12.8. The number of benzene rings is 3. The number of aryl methyl sites for hydroxylation is 1. The van der Waals surface area contributed by atoms with Gasteiger partial charge >= 0.3 is 5.97 Å². The van der Waals surface area contributed by atoms with E-state index >= 15 is 0 Å². The topological polar surface area (TPSA) is 52.6 Å². The van der Waals surface area contributed by atoms with E-state index in [-0.39, 0.29) is 30.1 Å². The zero-order valence-electron chi connectivity index (χ0n) is 15.4. The lowest BCUT2D eigenvalue weighted by Gasteiger charge is -2.11. The summed E-state index contributed by atoms with van der Waals surface area (Å²) in [5.41, 5.74) is 1.97. The summed E-state index contributed by atoms with van der Waals surface area (Å²) >= 11 is 5.87. The maximum absolute atomic E-state index is 12.8. The van der Waals surface area contributed by atoms with Crippen molar-refractivity contribution in [1.82, 2.24) is 0 Å². The molecule has 3 aromatic rings. The Morgan fingerprint density at radius 1 is 0.821 bits per heavy atom. The molecule has 0 fully saturated rings. The molecule has 0 spiro atoms. The van der Waals surface area contributed by atoms with E-state index < -0.39 is 5.97 Å². The molecule has 28 heavy (non-hydrogen) atoms. The Bertz CT molecular complexity index is 980. The van der Waals surface area contributed by atoms with Gasteiger partial charge in [-0.1, -0.05) is 48.0 Å². The number of hydrogen-bond donors (Lipinski definition) is 0. The molecule has 0 atom stereocenters. The third-order valence-corrected chi connectivity index (χ3v) is 4.42. The second kappa shape index (κ2) is 9.20. The number of carbonyl (C=O) groups is 2. The second-order valence-corrected chi connectivity index (χ2v) is 6.57. The van der Waals surface area contributed by atoms with Gasteiger partial charge in [-0.2, -0.15) is 0 Å². The minimum Gasteiger partial charge on any atom is -0.490 e. The van der Waals surface area contributed by atoms with Crippen LogP contribution in [0.2, 0.25) is 5.02 Å². The molecule has 0 amide bonds. The van der Waals surface area contributed by atoms with Gasteiger partial charge in [0.25, 0.3) is 0 Å². The molecule has 4 nitrogen and oxygen atoms in total. The normalized spacial score (nSPS) is 10.4. The van der Waals surface area contributed by atoms with Crippen LogP contribution in [0.1, 0.15) is 31.8 Å². The van der Waals surface area contributed by atoms with Crippen molar-refractivity contribution in [2.75, 3.05) is 13.2 Å². The smallest absolute Gasteiger partial charge is 0.339 e. The van der Waals surface area contributed by atoms with Crippen LogP contribution in [0.15, 0.2) is 72.8 Å². The first-order valence-corrected chi connectivity index (χ1v) is 9.19. The van der Waals surface area contributed by atoms with Gasteiger partial charge in [0.1, 0.15) is 19.0 Å².